The molecule has 0 aliphatic carbocycles. The van der Waals surface area contributed by atoms with Crippen molar-refractivity contribution in [2.24, 2.45) is 0 Å². The summed E-state index contributed by atoms with van der Waals surface area (Å²) in [5.41, 5.74) is 2.13. The van der Waals surface area contributed by atoms with Crippen molar-refractivity contribution in [1.29, 1.82) is 0 Å². The van der Waals surface area contributed by atoms with Gasteiger partial charge in [0.05, 0.1) is 17.9 Å². The lowest BCUT2D eigenvalue weighted by molar-refractivity contribution is -0.274. The third-order valence-electron chi connectivity index (χ3n) is 3.31. The number of nitrogens with zero attached hydrogens (tertiary/aromatic N) is 2. The van der Waals surface area contributed by atoms with Crippen LogP contribution in [0.25, 0.3) is 11.3 Å². The van der Waals surface area contributed by atoms with E-state index in [9.17, 15) is 18.0 Å². The van der Waals surface area contributed by atoms with Gasteiger partial charge in [0.25, 0.3) is 5.91 Å². The van der Waals surface area contributed by atoms with Gasteiger partial charge in [-0.3, -0.25) is 14.8 Å². The number of benzene rings is 1. The fourth-order valence-electron chi connectivity index (χ4n) is 2.24. The first-order valence-electron chi connectivity index (χ1n) is 7.39. The Morgan fingerprint density at radius 2 is 2.00 bits per heavy atom. The Hall–Kier alpha value is -2.94. The minimum atomic E-state index is -4.82. The van der Waals surface area contributed by atoms with Crippen LogP contribution in [0.4, 0.5) is 13.2 Å². The maximum absolute atomic E-state index is 12.3. The number of aromatic nitrogens is 2. The summed E-state index contributed by atoms with van der Waals surface area (Å²) in [7, 11) is 0. The molecule has 0 fully saturated rings. The molecule has 26 heavy (non-hydrogen) atoms. The second kappa shape index (κ2) is 7.52. The number of hydrogen-bond donors (Lipinski definition) is 1. The molecule has 1 aromatic carbocycles. The van der Waals surface area contributed by atoms with E-state index < -0.39 is 18.0 Å². The Morgan fingerprint density at radius 3 is 2.73 bits per heavy atom. The summed E-state index contributed by atoms with van der Waals surface area (Å²) in [4.78, 5) is 20.7. The van der Waals surface area contributed by atoms with E-state index in [1.807, 2.05) is 16.8 Å². The quantitative estimate of drug-likeness (QED) is 0.727. The molecular weight excluding hydrogens is 367 g/mol. The van der Waals surface area contributed by atoms with Gasteiger partial charge in [0.1, 0.15) is 5.75 Å². The summed E-state index contributed by atoms with van der Waals surface area (Å²) < 4.78 is 40.7. The molecule has 0 saturated carbocycles. The average molecular weight is 379 g/mol. The van der Waals surface area contributed by atoms with E-state index in [0.29, 0.717) is 11.4 Å². The van der Waals surface area contributed by atoms with Gasteiger partial charge in [-0.2, -0.15) is 11.3 Å². The Kier molecular flexibility index (Phi) is 5.17. The fraction of sp³-hybridized carbons (Fsp3) is 0.118. The third-order valence-corrected chi connectivity index (χ3v) is 4.00. The van der Waals surface area contributed by atoms with E-state index in [1.165, 1.54) is 29.7 Å². The Bertz CT molecular complexity index is 898. The highest BCUT2D eigenvalue weighted by Gasteiger charge is 2.31. The number of halogens is 3. The van der Waals surface area contributed by atoms with E-state index >= 15 is 0 Å². The second-order valence-electron chi connectivity index (χ2n) is 5.12. The molecule has 0 aliphatic heterocycles. The summed E-state index contributed by atoms with van der Waals surface area (Å²) in [6, 6.07) is 6.75. The minimum Gasteiger partial charge on any atom is -0.406 e. The molecule has 0 radical (unpaired) electrons. The number of amides is 1. The van der Waals surface area contributed by atoms with E-state index in [1.54, 1.807) is 6.20 Å². The van der Waals surface area contributed by atoms with E-state index in [0.717, 1.165) is 17.7 Å². The molecule has 1 N–H and O–H groups in total. The smallest absolute Gasteiger partial charge is 0.406 e. The number of thiophene rings is 1. The van der Waals surface area contributed by atoms with E-state index in [-0.39, 0.29) is 12.1 Å². The largest absolute Gasteiger partial charge is 0.573 e. The van der Waals surface area contributed by atoms with Crippen molar-refractivity contribution in [3.8, 4) is 17.0 Å². The molecule has 0 bridgehead atoms. The van der Waals surface area contributed by atoms with Gasteiger partial charge in [0, 0.05) is 28.9 Å². The van der Waals surface area contributed by atoms with Crippen LogP contribution in [0.1, 0.15) is 16.1 Å². The third kappa shape index (κ3) is 4.57. The summed E-state index contributed by atoms with van der Waals surface area (Å²) in [6.45, 7) is 0.0855. The summed E-state index contributed by atoms with van der Waals surface area (Å²) in [5, 5.41) is 6.44. The second-order valence-corrected chi connectivity index (χ2v) is 5.90. The van der Waals surface area contributed by atoms with Gasteiger partial charge < -0.3 is 10.1 Å². The highest BCUT2D eigenvalue weighted by Crippen LogP contribution is 2.24. The van der Waals surface area contributed by atoms with Crippen LogP contribution < -0.4 is 10.1 Å². The highest BCUT2D eigenvalue weighted by molar-refractivity contribution is 7.08. The predicted octanol–water partition coefficient (Wildman–Crippen LogP) is 4.03. The highest BCUT2D eigenvalue weighted by atomic mass is 32.1. The van der Waals surface area contributed by atoms with Gasteiger partial charge in [-0.15, -0.1) is 13.2 Å². The van der Waals surface area contributed by atoms with Crippen molar-refractivity contribution < 1.29 is 22.7 Å². The minimum absolute atomic E-state index is 0.0488. The first-order valence-corrected chi connectivity index (χ1v) is 8.33. The zero-order valence-corrected chi connectivity index (χ0v) is 14.0. The Balaban J connectivity index is 1.71. The molecule has 9 heteroatoms. The first-order chi connectivity index (χ1) is 12.4. The maximum atomic E-state index is 12.3. The fourth-order valence-corrected chi connectivity index (χ4v) is 2.88. The van der Waals surface area contributed by atoms with E-state index in [2.05, 4.69) is 20.0 Å². The summed E-state index contributed by atoms with van der Waals surface area (Å²) in [5.74, 6) is -0.997. The van der Waals surface area contributed by atoms with Crippen molar-refractivity contribution in [2.75, 3.05) is 0 Å². The lowest BCUT2D eigenvalue weighted by Gasteiger charge is -2.11. The van der Waals surface area contributed by atoms with Crippen molar-refractivity contribution in [3.63, 3.8) is 0 Å². The lowest BCUT2D eigenvalue weighted by Crippen LogP contribution is -2.24. The van der Waals surface area contributed by atoms with Crippen molar-refractivity contribution in [3.05, 3.63) is 64.7 Å². The van der Waals surface area contributed by atoms with Gasteiger partial charge in [-0.1, -0.05) is 6.07 Å². The van der Waals surface area contributed by atoms with Crippen LogP contribution in [0, 0.1) is 0 Å². The van der Waals surface area contributed by atoms with Gasteiger partial charge in [0.2, 0.25) is 0 Å². The SMILES string of the molecule is O=C(NCc1nccnc1-c1ccsc1)c1cccc(OC(F)(F)F)c1. The molecular formula is C17H12F3N3O2S. The molecule has 0 unspecified atom stereocenters. The van der Waals surface area contributed by atoms with Crippen LogP contribution in [-0.4, -0.2) is 22.2 Å². The maximum Gasteiger partial charge on any atom is 0.573 e. The standard InChI is InChI=1S/C17H12F3N3O2S/c18-17(19,20)25-13-3-1-2-11(8-13)16(24)23-9-14-15(22-6-5-21-14)12-4-7-26-10-12/h1-8,10H,9H2,(H,23,24). The summed E-state index contributed by atoms with van der Waals surface area (Å²) >= 11 is 1.51. The number of rotatable bonds is 5. The van der Waals surface area contributed by atoms with Crippen LogP contribution >= 0.6 is 11.3 Å². The van der Waals surface area contributed by atoms with E-state index in [4.69, 9.17) is 0 Å². The van der Waals surface area contributed by atoms with Gasteiger partial charge in [-0.25, -0.2) is 0 Å². The molecule has 0 atom stereocenters. The van der Waals surface area contributed by atoms with Gasteiger partial charge >= 0.3 is 6.36 Å². The molecule has 2 aromatic heterocycles. The zero-order chi connectivity index (χ0) is 18.6. The number of nitrogens with one attached hydrogen (secondary N) is 1. The molecule has 3 rings (SSSR count). The van der Waals surface area contributed by atoms with Crippen LogP contribution in [0.3, 0.4) is 0 Å². The molecule has 0 aliphatic rings. The monoisotopic (exact) mass is 379 g/mol. The van der Waals surface area contributed by atoms with Crippen molar-refractivity contribution >= 4 is 17.2 Å². The van der Waals surface area contributed by atoms with Crippen LogP contribution in [0.5, 0.6) is 5.75 Å². The zero-order valence-electron chi connectivity index (χ0n) is 13.2. The topological polar surface area (TPSA) is 64.1 Å². The van der Waals surface area contributed by atoms with Crippen LogP contribution in [-0.2, 0) is 6.54 Å². The number of carbonyl (C=O) groups excluding carboxylic acids is 1. The molecule has 3 aromatic rings. The molecule has 134 valence electrons. The molecule has 0 saturated heterocycles. The molecule has 5 nitrogen and oxygen atoms in total. The number of alkyl halides is 3. The van der Waals surface area contributed by atoms with Crippen LogP contribution in [0.15, 0.2) is 53.5 Å². The van der Waals surface area contributed by atoms with Crippen molar-refractivity contribution in [1.82, 2.24) is 15.3 Å². The number of carbonyl (C=O) groups is 1. The summed E-state index contributed by atoms with van der Waals surface area (Å²) in [6.07, 6.45) is -1.75. The van der Waals surface area contributed by atoms with Crippen LogP contribution in [0.2, 0.25) is 0 Å². The predicted molar refractivity (Wildman–Crippen MR) is 89.6 cm³/mol. The normalized spacial score (nSPS) is 11.2. The molecule has 1 amide bonds. The average Bonchev–Trinajstić information content (AvgIpc) is 3.13. The first kappa shape index (κ1) is 17.9. The Labute approximate surface area is 150 Å². The molecule has 2 heterocycles. The Morgan fingerprint density at radius 1 is 1.19 bits per heavy atom. The number of ether oxygens (including phenoxy) is 1. The lowest BCUT2D eigenvalue weighted by atomic mass is 10.1. The molecule has 0 spiro atoms. The number of hydrogen-bond acceptors (Lipinski definition) is 5. The van der Waals surface area contributed by atoms with Crippen molar-refractivity contribution in [2.45, 2.75) is 12.9 Å². The van der Waals surface area contributed by atoms with Gasteiger partial charge in [0.15, 0.2) is 0 Å². The van der Waals surface area contributed by atoms with Gasteiger partial charge in [-0.05, 0) is 29.6 Å².